The molecule has 3 rings (SSSR count). The van der Waals surface area contributed by atoms with Crippen LogP contribution in [-0.2, 0) is 0 Å². The lowest BCUT2D eigenvalue weighted by molar-refractivity contribution is 1.31. The number of rotatable bonds is 4. The Bertz CT molecular complexity index is 699. The van der Waals surface area contributed by atoms with Gasteiger partial charge in [-0.1, -0.05) is 35.6 Å². The van der Waals surface area contributed by atoms with Crippen LogP contribution >= 0.6 is 23.1 Å². The number of nitrogens with zero attached hydrogens (tertiary/aromatic N) is 2. The Labute approximate surface area is 125 Å². The lowest BCUT2D eigenvalue weighted by Crippen LogP contribution is -1.89. The van der Waals surface area contributed by atoms with Crippen molar-refractivity contribution in [3.05, 3.63) is 54.1 Å². The van der Waals surface area contributed by atoms with Gasteiger partial charge >= 0.3 is 0 Å². The minimum Gasteiger partial charge on any atom is -0.253 e. The van der Waals surface area contributed by atoms with Crippen molar-refractivity contribution in [3.8, 4) is 0 Å². The summed E-state index contributed by atoms with van der Waals surface area (Å²) in [4.78, 5) is 5.71. The third-order valence-corrected chi connectivity index (χ3v) is 4.47. The quantitative estimate of drug-likeness (QED) is 0.439. The standard InChI is InChI=1S/C15H13N3S2/c1-19-12-8-6-11(7-9-12)10-16-18-15-17-13-4-2-3-5-14(13)20-15/h2-10H,1H3,(H,17,18)/b16-10+. The number of fused-ring (bicyclic) bond motifs is 1. The van der Waals surface area contributed by atoms with Crippen LogP contribution in [0.25, 0.3) is 10.2 Å². The average Bonchev–Trinajstić information content (AvgIpc) is 2.90. The molecule has 5 heteroatoms. The van der Waals surface area contributed by atoms with Gasteiger partial charge in [-0.15, -0.1) is 11.8 Å². The van der Waals surface area contributed by atoms with Crippen molar-refractivity contribution in [2.75, 3.05) is 11.7 Å². The SMILES string of the molecule is CSc1ccc(/C=N/Nc2nc3ccccc3s2)cc1. The highest BCUT2D eigenvalue weighted by Crippen LogP contribution is 2.25. The minimum absolute atomic E-state index is 0.809. The molecule has 1 N–H and O–H groups in total. The fourth-order valence-electron chi connectivity index (χ4n) is 1.77. The number of hydrazone groups is 1. The molecular formula is C15H13N3S2. The van der Waals surface area contributed by atoms with E-state index in [1.807, 2.05) is 18.2 Å². The summed E-state index contributed by atoms with van der Waals surface area (Å²) in [7, 11) is 0. The molecular weight excluding hydrogens is 286 g/mol. The lowest BCUT2D eigenvalue weighted by Gasteiger charge is -1.96. The molecule has 0 saturated carbocycles. The highest BCUT2D eigenvalue weighted by molar-refractivity contribution is 7.98. The normalized spacial score (nSPS) is 11.2. The molecule has 0 aliphatic heterocycles. The van der Waals surface area contributed by atoms with Crippen molar-refractivity contribution in [1.29, 1.82) is 0 Å². The van der Waals surface area contributed by atoms with Crippen molar-refractivity contribution in [3.63, 3.8) is 0 Å². The van der Waals surface area contributed by atoms with Crippen LogP contribution in [0.15, 0.2) is 58.5 Å². The monoisotopic (exact) mass is 299 g/mol. The number of para-hydroxylation sites is 1. The van der Waals surface area contributed by atoms with Crippen LogP contribution in [-0.4, -0.2) is 17.5 Å². The highest BCUT2D eigenvalue weighted by atomic mass is 32.2. The van der Waals surface area contributed by atoms with Gasteiger partial charge in [-0.05, 0) is 36.1 Å². The van der Waals surface area contributed by atoms with E-state index in [9.17, 15) is 0 Å². The zero-order chi connectivity index (χ0) is 13.8. The predicted octanol–water partition coefficient (Wildman–Crippen LogP) is 4.46. The van der Waals surface area contributed by atoms with Crippen molar-refractivity contribution in [2.45, 2.75) is 4.90 Å². The summed E-state index contributed by atoms with van der Waals surface area (Å²) in [6.45, 7) is 0. The number of aromatic nitrogens is 1. The number of benzene rings is 2. The van der Waals surface area contributed by atoms with Gasteiger partial charge in [0.05, 0.1) is 16.4 Å². The number of anilines is 1. The smallest absolute Gasteiger partial charge is 0.204 e. The Hall–Kier alpha value is -1.85. The number of hydrogen-bond acceptors (Lipinski definition) is 5. The molecule has 0 aliphatic carbocycles. The van der Waals surface area contributed by atoms with Gasteiger partial charge in [0.25, 0.3) is 0 Å². The number of thioether (sulfide) groups is 1. The first-order valence-electron chi connectivity index (χ1n) is 6.14. The van der Waals surface area contributed by atoms with Crippen LogP contribution in [0.3, 0.4) is 0 Å². The largest absolute Gasteiger partial charge is 0.253 e. The molecule has 0 saturated heterocycles. The Balaban J connectivity index is 1.69. The van der Waals surface area contributed by atoms with Crippen molar-refractivity contribution >= 4 is 44.7 Å². The minimum atomic E-state index is 0.809. The third kappa shape index (κ3) is 3.00. The molecule has 0 spiro atoms. The zero-order valence-corrected chi connectivity index (χ0v) is 12.5. The fourth-order valence-corrected chi connectivity index (χ4v) is 3.00. The second kappa shape index (κ2) is 6.07. The molecule has 0 radical (unpaired) electrons. The highest BCUT2D eigenvalue weighted by Gasteiger charge is 2.00. The first-order chi connectivity index (χ1) is 9.85. The van der Waals surface area contributed by atoms with Crippen molar-refractivity contribution in [1.82, 2.24) is 4.98 Å². The molecule has 2 aromatic carbocycles. The van der Waals surface area contributed by atoms with Crippen molar-refractivity contribution in [2.24, 2.45) is 5.10 Å². The summed E-state index contributed by atoms with van der Waals surface area (Å²) < 4.78 is 1.16. The van der Waals surface area contributed by atoms with Crippen molar-refractivity contribution < 1.29 is 0 Å². The molecule has 0 aliphatic rings. The van der Waals surface area contributed by atoms with E-state index in [0.29, 0.717) is 0 Å². The van der Waals surface area contributed by atoms with E-state index >= 15 is 0 Å². The van der Waals surface area contributed by atoms with Gasteiger partial charge in [-0.3, -0.25) is 5.43 Å². The van der Waals surface area contributed by atoms with Crippen LogP contribution in [0.1, 0.15) is 5.56 Å². The Morgan fingerprint density at radius 3 is 2.70 bits per heavy atom. The average molecular weight is 299 g/mol. The first kappa shape index (κ1) is 13.1. The van der Waals surface area contributed by atoms with Crippen LogP contribution in [0, 0.1) is 0 Å². The maximum Gasteiger partial charge on any atom is 0.204 e. The predicted molar refractivity (Wildman–Crippen MR) is 89.1 cm³/mol. The van der Waals surface area contributed by atoms with E-state index in [-0.39, 0.29) is 0 Å². The van der Waals surface area contributed by atoms with E-state index in [1.54, 1.807) is 29.3 Å². The van der Waals surface area contributed by atoms with Crippen LogP contribution in [0.5, 0.6) is 0 Å². The molecule has 3 aromatic rings. The van der Waals surface area contributed by atoms with Gasteiger partial charge in [0.1, 0.15) is 0 Å². The lowest BCUT2D eigenvalue weighted by atomic mass is 10.2. The van der Waals surface area contributed by atoms with Gasteiger partial charge in [-0.2, -0.15) is 5.10 Å². The van der Waals surface area contributed by atoms with Gasteiger partial charge in [0, 0.05) is 4.90 Å². The molecule has 0 fully saturated rings. The molecule has 100 valence electrons. The molecule has 1 aromatic heterocycles. The molecule has 0 unspecified atom stereocenters. The van der Waals surface area contributed by atoms with Crippen LogP contribution in [0.4, 0.5) is 5.13 Å². The van der Waals surface area contributed by atoms with Gasteiger partial charge in [-0.25, -0.2) is 4.98 Å². The summed E-state index contributed by atoms with van der Waals surface area (Å²) in [5.74, 6) is 0. The van der Waals surface area contributed by atoms with E-state index in [1.165, 1.54) is 4.90 Å². The topological polar surface area (TPSA) is 37.3 Å². The van der Waals surface area contributed by atoms with E-state index < -0.39 is 0 Å². The number of nitrogens with one attached hydrogen (secondary N) is 1. The third-order valence-electron chi connectivity index (χ3n) is 2.78. The molecule has 0 amide bonds. The second-order valence-corrected chi connectivity index (χ2v) is 6.04. The maximum absolute atomic E-state index is 4.46. The fraction of sp³-hybridized carbons (Fsp3) is 0.0667. The summed E-state index contributed by atoms with van der Waals surface area (Å²) in [5, 5.41) is 5.04. The van der Waals surface area contributed by atoms with Crippen LogP contribution in [0.2, 0.25) is 0 Å². The molecule has 3 nitrogen and oxygen atoms in total. The Morgan fingerprint density at radius 1 is 1.15 bits per heavy atom. The molecule has 1 heterocycles. The maximum atomic E-state index is 4.46. The number of hydrogen-bond donors (Lipinski definition) is 1. The van der Waals surface area contributed by atoms with E-state index in [2.05, 4.69) is 52.1 Å². The first-order valence-corrected chi connectivity index (χ1v) is 8.18. The Morgan fingerprint density at radius 2 is 1.95 bits per heavy atom. The molecule has 20 heavy (non-hydrogen) atoms. The zero-order valence-electron chi connectivity index (χ0n) is 10.9. The molecule has 0 bridgehead atoms. The molecule has 0 atom stereocenters. The van der Waals surface area contributed by atoms with E-state index in [4.69, 9.17) is 0 Å². The number of thiazole rings is 1. The second-order valence-electron chi connectivity index (χ2n) is 4.13. The Kier molecular flexibility index (Phi) is 3.99. The van der Waals surface area contributed by atoms with Gasteiger partial charge in [0.15, 0.2) is 0 Å². The summed E-state index contributed by atoms with van der Waals surface area (Å²) >= 11 is 3.33. The van der Waals surface area contributed by atoms with E-state index in [0.717, 1.165) is 20.9 Å². The van der Waals surface area contributed by atoms with Crippen LogP contribution < -0.4 is 5.43 Å². The summed E-state index contributed by atoms with van der Waals surface area (Å²) in [6.07, 6.45) is 3.87. The van der Waals surface area contributed by atoms with Gasteiger partial charge < -0.3 is 0 Å². The summed E-state index contributed by atoms with van der Waals surface area (Å²) in [6, 6.07) is 16.3. The van der Waals surface area contributed by atoms with Gasteiger partial charge in [0.2, 0.25) is 5.13 Å². The summed E-state index contributed by atoms with van der Waals surface area (Å²) in [5.41, 5.74) is 5.05.